The van der Waals surface area contributed by atoms with Crippen LogP contribution in [0.1, 0.15) is 25.5 Å². The first-order valence-electron chi connectivity index (χ1n) is 7.26. The first-order valence-corrected chi connectivity index (χ1v) is 8.05. The molecule has 0 fully saturated rings. The number of hydrogen-bond acceptors (Lipinski definition) is 4. The monoisotopic (exact) mass is 358 g/mol. The van der Waals surface area contributed by atoms with Crippen LogP contribution in [0.15, 0.2) is 22.7 Å². The highest BCUT2D eigenvalue weighted by molar-refractivity contribution is 9.10. The topological polar surface area (TPSA) is 33.7 Å². The molecule has 0 aliphatic rings. The fourth-order valence-electron chi connectivity index (χ4n) is 2.39. The van der Waals surface area contributed by atoms with Gasteiger partial charge in [0, 0.05) is 43.0 Å². The predicted molar refractivity (Wildman–Crippen MR) is 92.2 cm³/mol. The van der Waals surface area contributed by atoms with E-state index in [0.717, 1.165) is 11.0 Å². The summed E-state index contributed by atoms with van der Waals surface area (Å²) in [6.45, 7) is 6.56. The maximum atomic E-state index is 5.33. The van der Waals surface area contributed by atoms with Gasteiger partial charge in [-0.15, -0.1) is 0 Å². The van der Waals surface area contributed by atoms with Crippen molar-refractivity contribution in [1.29, 1.82) is 0 Å². The normalized spacial score (nSPS) is 14.0. The summed E-state index contributed by atoms with van der Waals surface area (Å²) in [4.78, 5) is 2.35. The van der Waals surface area contributed by atoms with Gasteiger partial charge in [0.2, 0.25) is 0 Å². The Kier molecular flexibility index (Phi) is 8.26. The first kappa shape index (κ1) is 18.4. The van der Waals surface area contributed by atoms with Crippen LogP contribution < -0.4 is 10.2 Å². The molecule has 0 bridgehead atoms. The van der Waals surface area contributed by atoms with Crippen LogP contribution in [-0.2, 0) is 9.47 Å². The number of methoxy groups -OCH3 is 2. The summed E-state index contributed by atoms with van der Waals surface area (Å²) in [5.41, 5.74) is 2.49. The predicted octanol–water partition coefficient (Wildman–Crippen LogP) is 3.22. The molecule has 0 radical (unpaired) electrons. The van der Waals surface area contributed by atoms with Crippen LogP contribution >= 0.6 is 15.9 Å². The van der Waals surface area contributed by atoms with Crippen molar-refractivity contribution in [1.82, 2.24) is 5.32 Å². The van der Waals surface area contributed by atoms with Crippen molar-refractivity contribution in [2.45, 2.75) is 25.9 Å². The second kappa shape index (κ2) is 9.41. The molecule has 0 aliphatic heterocycles. The van der Waals surface area contributed by atoms with Crippen molar-refractivity contribution in [3.05, 3.63) is 28.2 Å². The molecule has 0 saturated carbocycles. The van der Waals surface area contributed by atoms with E-state index in [-0.39, 0.29) is 12.1 Å². The van der Waals surface area contributed by atoms with Crippen LogP contribution in [0.3, 0.4) is 0 Å². The molecular formula is C16H27BrN2O2. The molecule has 1 N–H and O–H groups in total. The maximum Gasteiger partial charge on any atom is 0.0663 e. The number of ether oxygens (including phenoxy) is 2. The minimum atomic E-state index is 0.275. The van der Waals surface area contributed by atoms with Crippen molar-refractivity contribution in [3.8, 4) is 0 Å². The fourth-order valence-corrected chi connectivity index (χ4v) is 2.77. The highest BCUT2D eigenvalue weighted by Gasteiger charge is 2.19. The number of nitrogens with zero attached hydrogens (tertiary/aromatic N) is 1. The Labute approximate surface area is 136 Å². The van der Waals surface area contributed by atoms with E-state index < -0.39 is 0 Å². The summed E-state index contributed by atoms with van der Waals surface area (Å²) in [6.07, 6.45) is 0. The van der Waals surface area contributed by atoms with E-state index in [1.807, 2.05) is 7.05 Å². The molecule has 1 aromatic rings. The summed E-state index contributed by atoms with van der Waals surface area (Å²) in [5.74, 6) is 0. The molecule has 0 aliphatic carbocycles. The third kappa shape index (κ3) is 5.25. The highest BCUT2D eigenvalue weighted by Crippen LogP contribution is 2.30. The van der Waals surface area contributed by atoms with Crippen LogP contribution in [0.4, 0.5) is 5.69 Å². The van der Waals surface area contributed by atoms with Crippen LogP contribution in [0, 0.1) is 0 Å². The fraction of sp³-hybridized carbons (Fsp3) is 0.625. The Morgan fingerprint density at radius 1 is 1.24 bits per heavy atom. The van der Waals surface area contributed by atoms with Crippen molar-refractivity contribution < 1.29 is 9.47 Å². The van der Waals surface area contributed by atoms with Crippen LogP contribution in [0.2, 0.25) is 0 Å². The zero-order chi connectivity index (χ0) is 15.8. The molecule has 2 unspecified atom stereocenters. The van der Waals surface area contributed by atoms with E-state index in [4.69, 9.17) is 9.47 Å². The Balaban J connectivity index is 3.15. The third-order valence-corrected chi connectivity index (χ3v) is 4.17. The lowest BCUT2D eigenvalue weighted by Crippen LogP contribution is -2.39. The second-order valence-corrected chi connectivity index (χ2v) is 6.12. The Morgan fingerprint density at radius 3 is 2.52 bits per heavy atom. The number of anilines is 1. The molecule has 0 heterocycles. The number of halogens is 1. The van der Waals surface area contributed by atoms with Crippen LogP contribution in [-0.4, -0.2) is 47.1 Å². The van der Waals surface area contributed by atoms with Gasteiger partial charge in [-0.25, -0.2) is 0 Å². The van der Waals surface area contributed by atoms with Gasteiger partial charge < -0.3 is 19.7 Å². The summed E-state index contributed by atoms with van der Waals surface area (Å²) >= 11 is 3.57. The standard InChI is InChI=1S/C16H27BrN2O2/c1-12(11-21-5)19(8-9-20-4)16-7-6-14(17)10-15(16)13(2)18-3/h6-7,10,12-13,18H,8-9,11H2,1-5H3. The van der Waals surface area contributed by atoms with Gasteiger partial charge >= 0.3 is 0 Å². The Bertz CT molecular complexity index is 429. The summed E-state index contributed by atoms with van der Waals surface area (Å²) in [5, 5.41) is 3.32. The lowest BCUT2D eigenvalue weighted by atomic mass is 10.0. The molecule has 0 aromatic heterocycles. The largest absolute Gasteiger partial charge is 0.383 e. The molecule has 21 heavy (non-hydrogen) atoms. The van der Waals surface area contributed by atoms with Gasteiger partial charge in [0.15, 0.2) is 0 Å². The van der Waals surface area contributed by atoms with Gasteiger partial charge in [-0.05, 0) is 44.7 Å². The first-order chi connectivity index (χ1) is 10.0. The molecule has 1 aromatic carbocycles. The quantitative estimate of drug-likeness (QED) is 0.734. The van der Waals surface area contributed by atoms with E-state index in [2.05, 4.69) is 58.2 Å². The minimum absolute atomic E-state index is 0.275. The van der Waals surface area contributed by atoms with E-state index in [1.165, 1.54) is 11.3 Å². The van der Waals surface area contributed by atoms with Crippen molar-refractivity contribution in [2.24, 2.45) is 0 Å². The Hall–Kier alpha value is -0.620. The van der Waals surface area contributed by atoms with E-state index >= 15 is 0 Å². The number of benzene rings is 1. The summed E-state index contributed by atoms with van der Waals surface area (Å²) < 4.78 is 11.7. The second-order valence-electron chi connectivity index (χ2n) is 5.20. The average Bonchev–Trinajstić information content (AvgIpc) is 2.48. The molecule has 0 spiro atoms. The van der Waals surface area contributed by atoms with Gasteiger partial charge in [-0.3, -0.25) is 0 Å². The van der Waals surface area contributed by atoms with E-state index in [0.29, 0.717) is 13.2 Å². The lowest BCUT2D eigenvalue weighted by Gasteiger charge is -2.33. The minimum Gasteiger partial charge on any atom is -0.383 e. The molecule has 4 nitrogen and oxygen atoms in total. The summed E-state index contributed by atoms with van der Waals surface area (Å²) in [7, 11) is 5.45. The number of nitrogens with one attached hydrogen (secondary N) is 1. The zero-order valence-electron chi connectivity index (χ0n) is 13.6. The Morgan fingerprint density at radius 2 is 1.95 bits per heavy atom. The van der Waals surface area contributed by atoms with Gasteiger partial charge in [0.1, 0.15) is 0 Å². The lowest BCUT2D eigenvalue weighted by molar-refractivity contribution is 0.171. The molecule has 1 rings (SSSR count). The van der Waals surface area contributed by atoms with Crippen LogP contribution in [0.5, 0.6) is 0 Å². The SMILES string of the molecule is CNC(C)c1cc(Br)ccc1N(CCOC)C(C)COC. The zero-order valence-corrected chi connectivity index (χ0v) is 15.2. The van der Waals surface area contributed by atoms with E-state index in [1.54, 1.807) is 14.2 Å². The third-order valence-electron chi connectivity index (χ3n) is 3.67. The highest BCUT2D eigenvalue weighted by atomic mass is 79.9. The van der Waals surface area contributed by atoms with Crippen LogP contribution in [0.25, 0.3) is 0 Å². The molecule has 120 valence electrons. The van der Waals surface area contributed by atoms with Crippen molar-refractivity contribution in [2.75, 3.05) is 45.9 Å². The van der Waals surface area contributed by atoms with Crippen molar-refractivity contribution in [3.63, 3.8) is 0 Å². The summed E-state index contributed by atoms with van der Waals surface area (Å²) in [6, 6.07) is 6.98. The van der Waals surface area contributed by atoms with Gasteiger partial charge in [-0.2, -0.15) is 0 Å². The maximum absolute atomic E-state index is 5.33. The van der Waals surface area contributed by atoms with Crippen molar-refractivity contribution >= 4 is 21.6 Å². The molecule has 5 heteroatoms. The number of rotatable bonds is 9. The van der Waals surface area contributed by atoms with Gasteiger partial charge in [-0.1, -0.05) is 15.9 Å². The average molecular weight is 359 g/mol. The molecule has 0 amide bonds. The van der Waals surface area contributed by atoms with E-state index in [9.17, 15) is 0 Å². The molecule has 0 saturated heterocycles. The smallest absolute Gasteiger partial charge is 0.0663 e. The van der Waals surface area contributed by atoms with Gasteiger partial charge in [0.25, 0.3) is 0 Å². The van der Waals surface area contributed by atoms with Gasteiger partial charge in [0.05, 0.1) is 13.2 Å². The molecule has 2 atom stereocenters. The molecular weight excluding hydrogens is 332 g/mol. The number of hydrogen-bond donors (Lipinski definition) is 1.